The molecule has 7 heteroatoms. The molecule has 0 spiro atoms. The number of halogens is 1. The number of nitrogens with zero attached hydrogens (tertiary/aromatic N) is 2. The van der Waals surface area contributed by atoms with Crippen molar-refractivity contribution in [2.45, 2.75) is 24.8 Å². The van der Waals surface area contributed by atoms with Gasteiger partial charge in [-0.3, -0.25) is 0 Å². The predicted molar refractivity (Wildman–Crippen MR) is 79.4 cm³/mol. The van der Waals surface area contributed by atoms with E-state index < -0.39 is 10.0 Å². The molecular weight excluding hydrogens is 298 g/mol. The van der Waals surface area contributed by atoms with Crippen LogP contribution in [0.15, 0.2) is 23.1 Å². The van der Waals surface area contributed by atoms with Gasteiger partial charge in [0.1, 0.15) is 0 Å². The van der Waals surface area contributed by atoms with E-state index in [9.17, 15) is 8.42 Å². The molecule has 1 N–H and O–H groups in total. The summed E-state index contributed by atoms with van der Waals surface area (Å²) in [6.07, 6.45) is 0. The van der Waals surface area contributed by atoms with Crippen LogP contribution in [0.4, 0.5) is 0 Å². The molecule has 0 aromatic heterocycles. The normalized spacial score (nSPS) is 19.9. The molecule has 5 nitrogen and oxygen atoms in total. The van der Waals surface area contributed by atoms with E-state index >= 15 is 0 Å². The van der Waals surface area contributed by atoms with E-state index in [2.05, 4.69) is 5.32 Å². The molecule has 0 bridgehead atoms. The third kappa shape index (κ3) is 3.13. The number of hydrogen-bond acceptors (Lipinski definition) is 4. The molecule has 0 saturated carbocycles. The molecule has 0 aliphatic carbocycles. The minimum atomic E-state index is -3.53. The van der Waals surface area contributed by atoms with Crippen molar-refractivity contribution in [3.63, 3.8) is 0 Å². The minimum Gasteiger partial charge on any atom is -0.314 e. The van der Waals surface area contributed by atoms with Crippen LogP contribution in [0.5, 0.6) is 0 Å². The topological polar surface area (TPSA) is 73.2 Å². The lowest BCUT2D eigenvalue weighted by Gasteiger charge is -2.33. The van der Waals surface area contributed by atoms with Gasteiger partial charge in [-0.05, 0) is 31.5 Å². The lowest BCUT2D eigenvalue weighted by Crippen LogP contribution is -2.52. The zero-order valence-electron chi connectivity index (χ0n) is 11.5. The lowest BCUT2D eigenvalue weighted by molar-refractivity contribution is 0.283. The van der Waals surface area contributed by atoms with E-state index in [4.69, 9.17) is 5.26 Å². The molecule has 1 fully saturated rings. The van der Waals surface area contributed by atoms with Crippen LogP contribution in [0.2, 0.25) is 0 Å². The summed E-state index contributed by atoms with van der Waals surface area (Å²) >= 11 is 0. The Morgan fingerprint density at radius 3 is 2.75 bits per heavy atom. The first-order valence-electron chi connectivity index (χ1n) is 6.20. The largest absolute Gasteiger partial charge is 0.314 e. The van der Waals surface area contributed by atoms with Gasteiger partial charge in [-0.15, -0.1) is 12.4 Å². The molecule has 1 atom stereocenters. The lowest BCUT2D eigenvalue weighted by atomic mass is 10.2. The molecule has 0 radical (unpaired) electrons. The van der Waals surface area contributed by atoms with E-state index in [1.807, 2.05) is 13.0 Å². The Labute approximate surface area is 126 Å². The number of benzene rings is 1. The van der Waals surface area contributed by atoms with Gasteiger partial charge in [-0.2, -0.15) is 9.57 Å². The van der Waals surface area contributed by atoms with Crippen molar-refractivity contribution in [2.24, 2.45) is 0 Å². The maximum atomic E-state index is 12.7. The molecule has 1 aliphatic heterocycles. The van der Waals surface area contributed by atoms with Crippen molar-refractivity contribution in [3.05, 3.63) is 29.3 Å². The third-order valence-electron chi connectivity index (χ3n) is 3.34. The summed E-state index contributed by atoms with van der Waals surface area (Å²) in [5, 5.41) is 12.1. The SMILES string of the molecule is Cc1ccc(C#N)cc1S(=O)(=O)N1CCNC[C@@H]1C.Cl. The number of nitrogens with one attached hydrogen (secondary N) is 1. The summed E-state index contributed by atoms with van der Waals surface area (Å²) in [7, 11) is -3.53. The van der Waals surface area contributed by atoms with Gasteiger partial charge in [0.05, 0.1) is 16.5 Å². The van der Waals surface area contributed by atoms with Crippen LogP contribution >= 0.6 is 12.4 Å². The molecule has 0 unspecified atom stereocenters. The first-order chi connectivity index (χ1) is 8.96. The molecule has 1 aromatic rings. The Morgan fingerprint density at radius 2 is 2.15 bits per heavy atom. The van der Waals surface area contributed by atoms with E-state index in [0.717, 1.165) is 0 Å². The average Bonchev–Trinajstić information content (AvgIpc) is 2.39. The quantitative estimate of drug-likeness (QED) is 0.892. The van der Waals surface area contributed by atoms with E-state index in [0.29, 0.717) is 30.8 Å². The van der Waals surface area contributed by atoms with E-state index in [-0.39, 0.29) is 23.3 Å². The van der Waals surface area contributed by atoms with Crippen molar-refractivity contribution in [1.82, 2.24) is 9.62 Å². The summed E-state index contributed by atoms with van der Waals surface area (Å²) in [6.45, 7) is 5.39. The highest BCUT2D eigenvalue weighted by molar-refractivity contribution is 7.89. The molecule has 20 heavy (non-hydrogen) atoms. The zero-order chi connectivity index (χ0) is 14.0. The second kappa shape index (κ2) is 6.55. The molecule has 1 heterocycles. The third-order valence-corrected chi connectivity index (χ3v) is 5.50. The van der Waals surface area contributed by atoms with Crippen LogP contribution in [-0.2, 0) is 10.0 Å². The first-order valence-corrected chi connectivity index (χ1v) is 7.64. The standard InChI is InChI=1S/C13H17N3O2S.ClH/c1-10-3-4-12(8-14)7-13(10)19(17,18)16-6-5-15-9-11(16)2;/h3-4,7,11,15H,5-6,9H2,1-2H3;1H/t11-;/m0./s1. The van der Waals surface area contributed by atoms with Crippen LogP contribution in [0.25, 0.3) is 0 Å². The maximum absolute atomic E-state index is 12.7. The molecule has 0 amide bonds. The highest BCUT2D eigenvalue weighted by Crippen LogP contribution is 2.23. The second-order valence-corrected chi connectivity index (χ2v) is 6.62. The number of piperazine rings is 1. The van der Waals surface area contributed by atoms with Crippen molar-refractivity contribution in [2.75, 3.05) is 19.6 Å². The Kier molecular flexibility index (Phi) is 5.54. The van der Waals surface area contributed by atoms with Crippen molar-refractivity contribution >= 4 is 22.4 Å². The summed E-state index contributed by atoms with van der Waals surface area (Å²) in [5.41, 5.74) is 1.04. The summed E-state index contributed by atoms with van der Waals surface area (Å²) in [6, 6.07) is 6.68. The Hall–Kier alpha value is -1.13. The van der Waals surface area contributed by atoms with Gasteiger partial charge in [0, 0.05) is 25.7 Å². The van der Waals surface area contributed by atoms with Gasteiger partial charge in [0.15, 0.2) is 0 Å². The van der Waals surface area contributed by atoms with Gasteiger partial charge in [0.25, 0.3) is 0 Å². The molecule has 110 valence electrons. The highest BCUT2D eigenvalue weighted by atomic mass is 35.5. The number of sulfonamides is 1. The zero-order valence-corrected chi connectivity index (χ0v) is 13.1. The molecule has 1 aliphatic rings. The van der Waals surface area contributed by atoms with Crippen molar-refractivity contribution in [1.29, 1.82) is 5.26 Å². The maximum Gasteiger partial charge on any atom is 0.243 e. The highest BCUT2D eigenvalue weighted by Gasteiger charge is 2.31. The van der Waals surface area contributed by atoms with Crippen LogP contribution in [-0.4, -0.2) is 38.4 Å². The molecular formula is C13H18ClN3O2S. The smallest absolute Gasteiger partial charge is 0.243 e. The van der Waals surface area contributed by atoms with Gasteiger partial charge in [0.2, 0.25) is 10.0 Å². The monoisotopic (exact) mass is 315 g/mol. The molecule has 1 saturated heterocycles. The van der Waals surface area contributed by atoms with E-state index in [1.54, 1.807) is 19.1 Å². The van der Waals surface area contributed by atoms with Crippen molar-refractivity contribution < 1.29 is 8.42 Å². The molecule has 1 aromatic carbocycles. The van der Waals surface area contributed by atoms with Gasteiger partial charge in [-0.1, -0.05) is 6.07 Å². The summed E-state index contributed by atoms with van der Waals surface area (Å²) in [5.74, 6) is 0. The van der Waals surface area contributed by atoms with Crippen LogP contribution in [0.1, 0.15) is 18.1 Å². The number of rotatable bonds is 2. The Bertz CT molecular complexity index is 625. The first kappa shape index (κ1) is 16.9. The van der Waals surface area contributed by atoms with Crippen LogP contribution in [0.3, 0.4) is 0 Å². The Balaban J connectivity index is 0.00000200. The number of nitriles is 1. The molecule has 2 rings (SSSR count). The minimum absolute atomic E-state index is 0. The number of aryl methyl sites for hydroxylation is 1. The van der Waals surface area contributed by atoms with Gasteiger partial charge >= 0.3 is 0 Å². The fourth-order valence-corrected chi connectivity index (χ4v) is 4.14. The van der Waals surface area contributed by atoms with Crippen LogP contribution < -0.4 is 5.32 Å². The number of hydrogen-bond donors (Lipinski definition) is 1. The fourth-order valence-electron chi connectivity index (χ4n) is 2.25. The Morgan fingerprint density at radius 1 is 1.45 bits per heavy atom. The summed E-state index contributed by atoms with van der Waals surface area (Å²) in [4.78, 5) is 0.236. The van der Waals surface area contributed by atoms with Gasteiger partial charge < -0.3 is 5.32 Å². The fraction of sp³-hybridized carbons (Fsp3) is 0.462. The van der Waals surface area contributed by atoms with Crippen molar-refractivity contribution in [3.8, 4) is 6.07 Å². The second-order valence-electron chi connectivity index (χ2n) is 4.76. The van der Waals surface area contributed by atoms with Crippen LogP contribution in [0, 0.1) is 18.3 Å². The predicted octanol–water partition coefficient (Wildman–Crippen LogP) is 1.27. The van der Waals surface area contributed by atoms with E-state index in [1.165, 1.54) is 10.4 Å². The summed E-state index contributed by atoms with van der Waals surface area (Å²) < 4.78 is 26.9. The van der Waals surface area contributed by atoms with Gasteiger partial charge in [-0.25, -0.2) is 8.42 Å². The average molecular weight is 316 g/mol.